The highest BCUT2D eigenvalue weighted by atomic mass is 32.2. The summed E-state index contributed by atoms with van der Waals surface area (Å²) in [7, 11) is -3.76. The second-order valence-corrected chi connectivity index (χ2v) is 6.48. The van der Waals surface area contributed by atoms with Crippen LogP contribution in [0.4, 0.5) is 0 Å². The molecule has 0 amide bonds. The van der Waals surface area contributed by atoms with Crippen molar-refractivity contribution in [1.29, 1.82) is 0 Å². The Labute approximate surface area is 114 Å². The maximum Gasteiger partial charge on any atom is 0.241 e. The molecule has 5 nitrogen and oxygen atoms in total. The molecule has 0 aliphatic carbocycles. The van der Waals surface area contributed by atoms with E-state index in [-0.39, 0.29) is 4.90 Å². The van der Waals surface area contributed by atoms with Crippen LogP contribution in [0.1, 0.15) is 24.5 Å². The van der Waals surface area contributed by atoms with Crippen molar-refractivity contribution in [1.82, 2.24) is 4.72 Å². The molecule has 108 valence electrons. The van der Waals surface area contributed by atoms with Gasteiger partial charge in [-0.3, -0.25) is 0 Å². The Morgan fingerprint density at radius 3 is 2.16 bits per heavy atom. The van der Waals surface area contributed by atoms with Crippen LogP contribution in [-0.4, -0.2) is 37.4 Å². The minimum absolute atomic E-state index is 0.135. The van der Waals surface area contributed by atoms with Crippen LogP contribution in [0.2, 0.25) is 0 Å². The molecule has 0 aliphatic heterocycles. The molecule has 1 rings (SSSR count). The topological polar surface area (TPSA) is 86.6 Å². The minimum atomic E-state index is -3.76. The molecule has 0 aliphatic rings. The molecular weight excluding hydrogens is 266 g/mol. The fraction of sp³-hybridized carbons (Fsp3) is 0.538. The lowest BCUT2D eigenvalue weighted by molar-refractivity contribution is 0.105. The third-order valence-corrected chi connectivity index (χ3v) is 5.00. The number of aliphatic hydroxyl groups excluding tert-OH is 2. The van der Waals surface area contributed by atoms with Gasteiger partial charge in [0.15, 0.2) is 0 Å². The molecule has 6 heteroatoms. The van der Waals surface area contributed by atoms with Crippen molar-refractivity contribution in [2.24, 2.45) is 0 Å². The van der Waals surface area contributed by atoms with E-state index in [1.807, 2.05) is 13.8 Å². The number of benzene rings is 1. The van der Waals surface area contributed by atoms with Gasteiger partial charge in [-0.1, -0.05) is 13.0 Å². The number of rotatable bonds is 6. The maximum atomic E-state index is 12.3. The van der Waals surface area contributed by atoms with Gasteiger partial charge < -0.3 is 10.2 Å². The van der Waals surface area contributed by atoms with Crippen molar-refractivity contribution in [3.05, 3.63) is 29.3 Å². The van der Waals surface area contributed by atoms with Crippen molar-refractivity contribution >= 4 is 10.0 Å². The molecule has 0 heterocycles. The largest absolute Gasteiger partial charge is 0.394 e. The average molecular weight is 287 g/mol. The predicted molar refractivity (Wildman–Crippen MR) is 73.4 cm³/mol. The molecule has 19 heavy (non-hydrogen) atoms. The molecule has 1 aromatic rings. The number of aliphatic hydroxyl groups is 2. The van der Waals surface area contributed by atoms with Crippen molar-refractivity contribution in [3.63, 3.8) is 0 Å². The molecule has 0 bridgehead atoms. The normalized spacial score (nSPS) is 12.7. The number of hydrogen-bond acceptors (Lipinski definition) is 4. The standard InChI is InChI=1S/C13H21NO4S/c1-4-13(8-15,9-16)14-19(17,18)12-6-5-10(2)11(3)7-12/h5-7,14-16H,4,8-9H2,1-3H3. The van der Waals surface area contributed by atoms with E-state index in [9.17, 15) is 18.6 Å². The first-order valence-electron chi connectivity index (χ1n) is 6.13. The van der Waals surface area contributed by atoms with Gasteiger partial charge in [0.05, 0.1) is 23.6 Å². The highest BCUT2D eigenvalue weighted by Crippen LogP contribution is 2.18. The van der Waals surface area contributed by atoms with E-state index in [2.05, 4.69) is 4.72 Å². The highest BCUT2D eigenvalue weighted by Gasteiger charge is 2.32. The lowest BCUT2D eigenvalue weighted by Crippen LogP contribution is -2.53. The van der Waals surface area contributed by atoms with Gasteiger partial charge in [0, 0.05) is 0 Å². The van der Waals surface area contributed by atoms with Crippen LogP contribution in [0.3, 0.4) is 0 Å². The van der Waals surface area contributed by atoms with Crippen LogP contribution in [0.25, 0.3) is 0 Å². The average Bonchev–Trinajstić information content (AvgIpc) is 2.39. The summed E-state index contributed by atoms with van der Waals surface area (Å²) in [5.74, 6) is 0. The second kappa shape index (κ2) is 6.00. The number of hydrogen-bond donors (Lipinski definition) is 3. The summed E-state index contributed by atoms with van der Waals surface area (Å²) in [4.78, 5) is 0.135. The van der Waals surface area contributed by atoms with Crippen molar-refractivity contribution in [3.8, 4) is 0 Å². The molecule has 3 N–H and O–H groups in total. The fourth-order valence-corrected chi connectivity index (χ4v) is 3.18. The van der Waals surface area contributed by atoms with Crippen LogP contribution >= 0.6 is 0 Å². The molecular formula is C13H21NO4S. The van der Waals surface area contributed by atoms with Gasteiger partial charge in [-0.15, -0.1) is 0 Å². The smallest absolute Gasteiger partial charge is 0.241 e. The van der Waals surface area contributed by atoms with E-state index in [0.29, 0.717) is 6.42 Å². The van der Waals surface area contributed by atoms with Crippen LogP contribution in [0.5, 0.6) is 0 Å². The van der Waals surface area contributed by atoms with Crippen molar-refractivity contribution < 1.29 is 18.6 Å². The fourth-order valence-electron chi connectivity index (χ4n) is 1.64. The molecule has 0 spiro atoms. The molecule has 0 fully saturated rings. The van der Waals surface area contributed by atoms with Gasteiger partial charge in [-0.05, 0) is 43.5 Å². The van der Waals surface area contributed by atoms with E-state index in [0.717, 1.165) is 11.1 Å². The third kappa shape index (κ3) is 3.54. The maximum absolute atomic E-state index is 12.3. The minimum Gasteiger partial charge on any atom is -0.394 e. The lowest BCUT2D eigenvalue weighted by atomic mass is 10.0. The molecule has 0 atom stereocenters. The van der Waals surface area contributed by atoms with E-state index in [4.69, 9.17) is 0 Å². The van der Waals surface area contributed by atoms with E-state index >= 15 is 0 Å². The van der Waals surface area contributed by atoms with Crippen molar-refractivity contribution in [2.45, 2.75) is 37.6 Å². The zero-order valence-electron chi connectivity index (χ0n) is 11.5. The van der Waals surface area contributed by atoms with Gasteiger partial charge in [-0.25, -0.2) is 13.1 Å². The summed E-state index contributed by atoms with van der Waals surface area (Å²) in [6, 6.07) is 4.82. The lowest BCUT2D eigenvalue weighted by Gasteiger charge is -2.29. The molecule has 1 aromatic carbocycles. The molecule has 0 saturated heterocycles. The Hall–Kier alpha value is -0.950. The first-order valence-corrected chi connectivity index (χ1v) is 7.61. The summed E-state index contributed by atoms with van der Waals surface area (Å²) in [5, 5.41) is 18.6. The Morgan fingerprint density at radius 2 is 1.74 bits per heavy atom. The molecule has 0 unspecified atom stereocenters. The summed E-state index contributed by atoms with van der Waals surface area (Å²) >= 11 is 0. The van der Waals surface area contributed by atoms with E-state index in [1.54, 1.807) is 19.1 Å². The van der Waals surface area contributed by atoms with Gasteiger partial charge in [0.25, 0.3) is 0 Å². The summed E-state index contributed by atoms with van der Waals surface area (Å²) in [6.07, 6.45) is 0.296. The Morgan fingerprint density at radius 1 is 1.16 bits per heavy atom. The third-order valence-electron chi connectivity index (χ3n) is 3.42. The first kappa shape index (κ1) is 16.1. The van der Waals surface area contributed by atoms with E-state index < -0.39 is 28.8 Å². The van der Waals surface area contributed by atoms with Crippen LogP contribution < -0.4 is 4.72 Å². The SMILES string of the molecule is CCC(CO)(CO)NS(=O)(=O)c1ccc(C)c(C)c1. The summed E-state index contributed by atoms with van der Waals surface area (Å²) < 4.78 is 26.9. The molecule has 0 saturated carbocycles. The van der Waals surface area contributed by atoms with Crippen LogP contribution in [0.15, 0.2) is 23.1 Å². The Kier molecular flexibility index (Phi) is 5.09. The van der Waals surface area contributed by atoms with Gasteiger partial charge in [0.2, 0.25) is 10.0 Å². The van der Waals surface area contributed by atoms with Gasteiger partial charge >= 0.3 is 0 Å². The highest BCUT2D eigenvalue weighted by molar-refractivity contribution is 7.89. The Bertz CT molecular complexity index is 527. The number of sulfonamides is 1. The Balaban J connectivity index is 3.14. The summed E-state index contributed by atoms with van der Waals surface area (Å²) in [6.45, 7) is 4.53. The number of aryl methyl sites for hydroxylation is 2. The van der Waals surface area contributed by atoms with Crippen LogP contribution in [-0.2, 0) is 10.0 Å². The zero-order chi connectivity index (χ0) is 14.7. The monoisotopic (exact) mass is 287 g/mol. The second-order valence-electron chi connectivity index (χ2n) is 4.80. The van der Waals surface area contributed by atoms with Gasteiger partial charge in [-0.2, -0.15) is 0 Å². The van der Waals surface area contributed by atoms with Crippen LogP contribution in [0, 0.1) is 13.8 Å². The molecule has 0 aromatic heterocycles. The van der Waals surface area contributed by atoms with Gasteiger partial charge in [0.1, 0.15) is 0 Å². The number of nitrogens with one attached hydrogen (secondary N) is 1. The molecule has 0 radical (unpaired) electrons. The summed E-state index contributed by atoms with van der Waals surface area (Å²) in [5.41, 5.74) is 0.653. The first-order chi connectivity index (χ1) is 8.80. The predicted octanol–water partition coefficient (Wildman–Crippen LogP) is 0.715. The van der Waals surface area contributed by atoms with Crippen molar-refractivity contribution in [2.75, 3.05) is 13.2 Å². The quantitative estimate of drug-likeness (QED) is 0.719. The zero-order valence-corrected chi connectivity index (χ0v) is 12.3. The van der Waals surface area contributed by atoms with E-state index in [1.165, 1.54) is 6.07 Å².